The minimum absolute atomic E-state index is 0.0848. The number of hydrogen-bond acceptors (Lipinski definition) is 6. The van der Waals surface area contributed by atoms with Crippen LogP contribution >= 0.6 is 0 Å². The molecule has 0 aromatic carbocycles. The van der Waals surface area contributed by atoms with E-state index in [2.05, 4.69) is 118 Å². The summed E-state index contributed by atoms with van der Waals surface area (Å²) in [6, 6.07) is 0. The van der Waals surface area contributed by atoms with Crippen LogP contribution in [0.15, 0.2) is 97.2 Å². The largest absolute Gasteiger partial charge is 0.462 e. The number of carbonyl (C=O) groups is 3. The summed E-state index contributed by atoms with van der Waals surface area (Å²) in [6.07, 6.45) is 81.9. The highest BCUT2D eigenvalue weighted by Gasteiger charge is 2.19. The Bertz CT molecular complexity index is 1440. The lowest BCUT2D eigenvalue weighted by molar-refractivity contribution is -0.167. The van der Waals surface area contributed by atoms with Crippen LogP contribution in [0.4, 0.5) is 0 Å². The summed E-state index contributed by atoms with van der Waals surface area (Å²) in [7, 11) is 0. The predicted molar refractivity (Wildman–Crippen MR) is 316 cm³/mol. The Morgan fingerprint density at radius 3 is 0.836 bits per heavy atom. The number of esters is 3. The van der Waals surface area contributed by atoms with E-state index in [0.29, 0.717) is 19.3 Å². The molecule has 0 heterocycles. The predicted octanol–water partition coefficient (Wildman–Crippen LogP) is 20.9. The maximum Gasteiger partial charge on any atom is 0.306 e. The molecule has 0 radical (unpaired) electrons. The Kier molecular flexibility index (Phi) is 57.8. The second kappa shape index (κ2) is 60.9. The third kappa shape index (κ3) is 59.1. The molecule has 0 aliphatic rings. The van der Waals surface area contributed by atoms with Gasteiger partial charge < -0.3 is 14.2 Å². The minimum Gasteiger partial charge on any atom is -0.462 e. The van der Waals surface area contributed by atoms with Gasteiger partial charge in [0.25, 0.3) is 0 Å². The molecule has 0 saturated carbocycles. The van der Waals surface area contributed by atoms with Crippen molar-refractivity contribution in [1.82, 2.24) is 0 Å². The zero-order valence-corrected chi connectivity index (χ0v) is 47.9. The van der Waals surface area contributed by atoms with E-state index in [1.165, 1.54) is 122 Å². The molecule has 0 saturated heterocycles. The molecule has 0 bridgehead atoms. The maximum atomic E-state index is 12.8. The molecule has 73 heavy (non-hydrogen) atoms. The molecule has 418 valence electrons. The Hall–Kier alpha value is -3.67. The zero-order valence-electron chi connectivity index (χ0n) is 47.9. The van der Waals surface area contributed by atoms with Gasteiger partial charge in [0, 0.05) is 19.3 Å². The highest BCUT2D eigenvalue weighted by Crippen LogP contribution is 2.17. The van der Waals surface area contributed by atoms with Crippen molar-refractivity contribution >= 4 is 17.9 Å². The van der Waals surface area contributed by atoms with Gasteiger partial charge in [0.05, 0.1) is 0 Å². The van der Waals surface area contributed by atoms with E-state index in [-0.39, 0.29) is 31.1 Å². The van der Waals surface area contributed by atoms with E-state index in [1.807, 2.05) is 0 Å². The Morgan fingerprint density at radius 1 is 0.288 bits per heavy atom. The minimum atomic E-state index is -0.785. The van der Waals surface area contributed by atoms with Gasteiger partial charge in [-0.05, 0) is 96.3 Å². The molecule has 6 heteroatoms. The van der Waals surface area contributed by atoms with E-state index in [1.54, 1.807) is 0 Å². The van der Waals surface area contributed by atoms with E-state index >= 15 is 0 Å². The number of allylic oxidation sites excluding steroid dienone is 16. The molecule has 0 N–H and O–H groups in total. The third-order valence-corrected chi connectivity index (χ3v) is 13.1. The van der Waals surface area contributed by atoms with Crippen molar-refractivity contribution in [2.75, 3.05) is 13.2 Å². The normalized spacial score (nSPS) is 12.8. The number of ether oxygens (including phenoxy) is 3. The second-order valence-corrected chi connectivity index (χ2v) is 20.2. The molecule has 0 aromatic rings. The standard InChI is InChI=1S/C67H114O6/c1-4-7-10-13-15-17-19-21-23-25-26-27-28-29-30-31-32-33-34-35-36-37-38-39-40-42-43-45-47-49-51-54-57-60-66(69)72-63-64(62-71-65(68)59-56-53-12-9-6-3)73-67(70)61-58-55-52-50-48-46-44-41-24-22-20-18-16-14-11-8-5-2/h7-8,10-11,15-18,21-24,26-27,44,46,64H,4-6,9,12-14,19-20,25,28-43,45,47-63H2,1-3H3/b10-7-,11-8-,17-15-,18-16-,23-21-,24-22-,27-26-,46-44-. The first-order chi connectivity index (χ1) is 36.0. The molecule has 0 fully saturated rings. The Morgan fingerprint density at radius 2 is 0.534 bits per heavy atom. The molecule has 0 amide bonds. The summed E-state index contributed by atoms with van der Waals surface area (Å²) in [5, 5.41) is 0. The average Bonchev–Trinajstić information content (AvgIpc) is 3.39. The SMILES string of the molecule is CC/C=C\C/C=C\C/C=C\C/C=C\CCCCCCCCCCCCCCCCCCCCCCC(=O)OCC(COC(=O)CCCCCCC)OC(=O)CCCCCC/C=C\C/C=C\C/C=C\C/C=C\CC. The first-order valence-electron chi connectivity index (χ1n) is 30.7. The lowest BCUT2D eigenvalue weighted by Crippen LogP contribution is -2.30. The van der Waals surface area contributed by atoms with Crippen molar-refractivity contribution in [1.29, 1.82) is 0 Å². The van der Waals surface area contributed by atoms with Crippen LogP contribution in [-0.2, 0) is 28.6 Å². The van der Waals surface area contributed by atoms with Crippen molar-refractivity contribution in [3.05, 3.63) is 97.2 Å². The second-order valence-electron chi connectivity index (χ2n) is 20.2. The van der Waals surface area contributed by atoms with Gasteiger partial charge in [0.2, 0.25) is 0 Å². The van der Waals surface area contributed by atoms with Crippen LogP contribution in [0.5, 0.6) is 0 Å². The number of hydrogen-bond donors (Lipinski definition) is 0. The number of unbranched alkanes of at least 4 members (excludes halogenated alkanes) is 28. The molecule has 1 atom stereocenters. The molecule has 0 aliphatic carbocycles. The van der Waals surface area contributed by atoms with Crippen molar-refractivity contribution in [2.24, 2.45) is 0 Å². The fourth-order valence-corrected chi connectivity index (χ4v) is 8.54. The summed E-state index contributed by atoms with van der Waals surface area (Å²) >= 11 is 0. The molecule has 0 aliphatic heterocycles. The summed E-state index contributed by atoms with van der Waals surface area (Å²) in [5.41, 5.74) is 0. The van der Waals surface area contributed by atoms with Gasteiger partial charge in [-0.2, -0.15) is 0 Å². The molecule has 0 spiro atoms. The van der Waals surface area contributed by atoms with Crippen molar-refractivity contribution in [3.8, 4) is 0 Å². The van der Waals surface area contributed by atoms with Crippen molar-refractivity contribution < 1.29 is 28.6 Å². The zero-order chi connectivity index (χ0) is 52.9. The van der Waals surface area contributed by atoms with E-state index in [4.69, 9.17) is 14.2 Å². The molecule has 0 rings (SSSR count). The third-order valence-electron chi connectivity index (χ3n) is 13.1. The van der Waals surface area contributed by atoms with Crippen LogP contribution < -0.4 is 0 Å². The van der Waals surface area contributed by atoms with E-state index in [9.17, 15) is 14.4 Å². The van der Waals surface area contributed by atoms with Gasteiger partial charge in [0.15, 0.2) is 6.10 Å². The summed E-state index contributed by atoms with van der Waals surface area (Å²) < 4.78 is 16.7. The van der Waals surface area contributed by atoms with Gasteiger partial charge in [-0.3, -0.25) is 14.4 Å². The van der Waals surface area contributed by atoms with Crippen LogP contribution in [0.2, 0.25) is 0 Å². The van der Waals surface area contributed by atoms with Crippen LogP contribution in [-0.4, -0.2) is 37.2 Å². The summed E-state index contributed by atoms with van der Waals surface area (Å²) in [4.78, 5) is 37.8. The van der Waals surface area contributed by atoms with Gasteiger partial charge >= 0.3 is 17.9 Å². The van der Waals surface area contributed by atoms with Gasteiger partial charge in [-0.15, -0.1) is 0 Å². The Balaban J connectivity index is 3.96. The Labute approximate surface area is 451 Å². The number of rotatable bonds is 55. The first kappa shape index (κ1) is 69.3. The maximum absolute atomic E-state index is 12.8. The number of carbonyl (C=O) groups excluding carboxylic acids is 3. The van der Waals surface area contributed by atoms with Crippen LogP contribution in [0.3, 0.4) is 0 Å². The van der Waals surface area contributed by atoms with Crippen LogP contribution in [0.25, 0.3) is 0 Å². The molecule has 1 unspecified atom stereocenters. The quantitative estimate of drug-likeness (QED) is 0.0261. The summed E-state index contributed by atoms with van der Waals surface area (Å²) in [6.45, 7) is 6.32. The molecule has 0 aromatic heterocycles. The van der Waals surface area contributed by atoms with Crippen molar-refractivity contribution in [2.45, 2.75) is 297 Å². The molecular weight excluding hydrogens is 901 g/mol. The highest BCUT2D eigenvalue weighted by atomic mass is 16.6. The van der Waals surface area contributed by atoms with Crippen LogP contribution in [0, 0.1) is 0 Å². The fraction of sp³-hybridized carbons (Fsp3) is 0.716. The topological polar surface area (TPSA) is 78.9 Å². The molecule has 6 nitrogen and oxygen atoms in total. The van der Waals surface area contributed by atoms with E-state index in [0.717, 1.165) is 128 Å². The van der Waals surface area contributed by atoms with Gasteiger partial charge in [-0.1, -0.05) is 272 Å². The van der Waals surface area contributed by atoms with Gasteiger partial charge in [-0.25, -0.2) is 0 Å². The lowest BCUT2D eigenvalue weighted by atomic mass is 10.0. The molecular formula is C67H114O6. The average molecular weight is 1020 g/mol. The fourth-order valence-electron chi connectivity index (χ4n) is 8.54. The monoisotopic (exact) mass is 1010 g/mol. The summed E-state index contributed by atoms with van der Waals surface area (Å²) in [5.74, 6) is -0.916. The van der Waals surface area contributed by atoms with Crippen LogP contribution in [0.1, 0.15) is 290 Å². The lowest BCUT2D eigenvalue weighted by Gasteiger charge is -2.18. The first-order valence-corrected chi connectivity index (χ1v) is 30.7. The highest BCUT2D eigenvalue weighted by molar-refractivity contribution is 5.71. The van der Waals surface area contributed by atoms with Gasteiger partial charge in [0.1, 0.15) is 13.2 Å². The van der Waals surface area contributed by atoms with Crippen molar-refractivity contribution in [3.63, 3.8) is 0 Å². The van der Waals surface area contributed by atoms with E-state index < -0.39 is 6.10 Å². The smallest absolute Gasteiger partial charge is 0.306 e.